The molecule has 1 saturated heterocycles. The largest absolute Gasteiger partial charge is 0.493 e. The Bertz CT molecular complexity index is 830. The van der Waals surface area contributed by atoms with Gasteiger partial charge in [0.2, 0.25) is 5.91 Å². The smallest absolute Gasteiger partial charge is 0.253 e. The number of nitrogens with zero attached hydrogens (tertiary/aromatic N) is 2. The maximum Gasteiger partial charge on any atom is 0.253 e. The number of likely N-dealkylation sites (tertiary alicyclic amines) is 1. The Labute approximate surface area is 158 Å². The van der Waals surface area contributed by atoms with E-state index in [1.165, 1.54) is 0 Å². The third kappa shape index (κ3) is 3.94. The lowest BCUT2D eigenvalue weighted by Crippen LogP contribution is -2.42. The number of aromatic nitrogens is 1. The van der Waals surface area contributed by atoms with Gasteiger partial charge in [0.25, 0.3) is 5.91 Å². The van der Waals surface area contributed by atoms with E-state index in [4.69, 9.17) is 4.74 Å². The molecule has 1 fully saturated rings. The molecule has 2 aliphatic rings. The summed E-state index contributed by atoms with van der Waals surface area (Å²) in [6, 6.07) is 9.46. The van der Waals surface area contributed by atoms with Gasteiger partial charge in [-0.15, -0.1) is 0 Å². The molecule has 0 saturated carbocycles. The lowest BCUT2D eigenvalue weighted by molar-refractivity contribution is -0.126. The zero-order valence-electron chi connectivity index (χ0n) is 15.2. The van der Waals surface area contributed by atoms with Crippen LogP contribution in [0.5, 0.6) is 5.75 Å². The van der Waals surface area contributed by atoms with Crippen molar-refractivity contribution in [2.75, 3.05) is 19.7 Å². The number of hydrogen-bond acceptors (Lipinski definition) is 4. The second-order valence-corrected chi connectivity index (χ2v) is 7.07. The first kappa shape index (κ1) is 17.5. The van der Waals surface area contributed by atoms with Crippen molar-refractivity contribution in [2.24, 2.45) is 5.92 Å². The number of fused-ring (bicyclic) bond motifs is 1. The second-order valence-electron chi connectivity index (χ2n) is 7.07. The van der Waals surface area contributed by atoms with E-state index in [-0.39, 0.29) is 17.7 Å². The number of hydrogen-bond donors (Lipinski definition) is 1. The minimum Gasteiger partial charge on any atom is -0.493 e. The van der Waals surface area contributed by atoms with Crippen LogP contribution in [0, 0.1) is 5.92 Å². The molecule has 2 aromatic rings. The number of pyridine rings is 1. The van der Waals surface area contributed by atoms with Gasteiger partial charge >= 0.3 is 0 Å². The van der Waals surface area contributed by atoms with Gasteiger partial charge in [-0.1, -0.05) is 6.07 Å². The molecule has 1 aromatic heterocycles. The Morgan fingerprint density at radius 3 is 2.85 bits per heavy atom. The molecule has 27 heavy (non-hydrogen) atoms. The number of carbonyl (C=O) groups is 2. The number of nitrogens with one attached hydrogen (secondary N) is 1. The zero-order chi connectivity index (χ0) is 18.6. The molecule has 140 valence electrons. The van der Waals surface area contributed by atoms with Gasteiger partial charge in [-0.2, -0.15) is 0 Å². The Morgan fingerprint density at radius 1 is 1.22 bits per heavy atom. The monoisotopic (exact) mass is 365 g/mol. The Hall–Kier alpha value is -2.89. The lowest BCUT2D eigenvalue weighted by Gasteiger charge is -2.31. The molecule has 6 heteroatoms. The third-order valence-electron chi connectivity index (χ3n) is 5.28. The minimum atomic E-state index is -0.0425. The van der Waals surface area contributed by atoms with E-state index in [2.05, 4.69) is 10.3 Å². The molecule has 0 bridgehead atoms. The number of ether oxygens (including phenoxy) is 1. The maximum atomic E-state index is 12.8. The number of amides is 2. The van der Waals surface area contributed by atoms with Crippen LogP contribution in [0.15, 0.2) is 42.7 Å². The number of rotatable bonds is 4. The quantitative estimate of drug-likeness (QED) is 0.902. The summed E-state index contributed by atoms with van der Waals surface area (Å²) in [5.74, 6) is 0.939. The van der Waals surface area contributed by atoms with E-state index < -0.39 is 0 Å². The third-order valence-corrected chi connectivity index (χ3v) is 5.28. The van der Waals surface area contributed by atoms with Crippen LogP contribution in [0.2, 0.25) is 0 Å². The number of piperidine rings is 1. The molecule has 1 N–H and O–H groups in total. The summed E-state index contributed by atoms with van der Waals surface area (Å²) in [6.07, 6.45) is 5.71. The SMILES string of the molecule is O=C(NCc1cccnc1)C1CCN(C(=O)c2ccc3c(c2)CCO3)CC1. The van der Waals surface area contributed by atoms with Crippen LogP contribution in [0.25, 0.3) is 0 Å². The van der Waals surface area contributed by atoms with Gasteiger partial charge in [0.1, 0.15) is 5.75 Å². The van der Waals surface area contributed by atoms with Gasteiger partial charge in [-0.25, -0.2) is 0 Å². The van der Waals surface area contributed by atoms with Crippen LogP contribution < -0.4 is 10.1 Å². The molecule has 1 aromatic carbocycles. The van der Waals surface area contributed by atoms with E-state index in [1.807, 2.05) is 35.2 Å². The average molecular weight is 365 g/mol. The minimum absolute atomic E-state index is 0.0407. The molecular formula is C21H23N3O3. The first-order chi connectivity index (χ1) is 13.2. The van der Waals surface area contributed by atoms with Crippen molar-refractivity contribution in [3.63, 3.8) is 0 Å². The van der Waals surface area contributed by atoms with Gasteiger partial charge < -0.3 is 15.0 Å². The van der Waals surface area contributed by atoms with E-state index in [9.17, 15) is 9.59 Å². The molecule has 0 aliphatic carbocycles. The number of benzene rings is 1. The van der Waals surface area contributed by atoms with Crippen LogP contribution in [0.4, 0.5) is 0 Å². The maximum absolute atomic E-state index is 12.8. The van der Waals surface area contributed by atoms with E-state index in [0.717, 1.165) is 23.3 Å². The molecular weight excluding hydrogens is 342 g/mol. The summed E-state index contributed by atoms with van der Waals surface area (Å²) in [4.78, 5) is 31.1. The number of carbonyl (C=O) groups excluding carboxylic acids is 2. The van der Waals surface area contributed by atoms with E-state index in [0.29, 0.717) is 44.6 Å². The van der Waals surface area contributed by atoms with Gasteiger partial charge in [0.05, 0.1) is 6.61 Å². The summed E-state index contributed by atoms with van der Waals surface area (Å²) < 4.78 is 5.50. The summed E-state index contributed by atoms with van der Waals surface area (Å²) in [7, 11) is 0. The fraction of sp³-hybridized carbons (Fsp3) is 0.381. The lowest BCUT2D eigenvalue weighted by atomic mass is 9.95. The first-order valence-corrected chi connectivity index (χ1v) is 9.42. The standard InChI is InChI=1S/C21H23N3O3/c25-20(23-14-15-2-1-8-22-13-15)16-5-9-24(10-6-16)21(26)18-3-4-19-17(12-18)7-11-27-19/h1-4,8,12-13,16H,5-7,9-11,14H2,(H,23,25). The average Bonchev–Trinajstić information content (AvgIpc) is 3.20. The molecule has 0 unspecified atom stereocenters. The van der Waals surface area contributed by atoms with Crippen LogP contribution in [0.3, 0.4) is 0 Å². The second kappa shape index (κ2) is 7.78. The highest BCUT2D eigenvalue weighted by Gasteiger charge is 2.28. The predicted molar refractivity (Wildman–Crippen MR) is 100 cm³/mol. The topological polar surface area (TPSA) is 71.5 Å². The highest BCUT2D eigenvalue weighted by Crippen LogP contribution is 2.27. The Morgan fingerprint density at radius 2 is 2.07 bits per heavy atom. The van der Waals surface area contributed by atoms with Gasteiger partial charge in [0.15, 0.2) is 0 Å². The molecule has 0 spiro atoms. The van der Waals surface area contributed by atoms with Crippen LogP contribution in [-0.2, 0) is 17.8 Å². The highest BCUT2D eigenvalue weighted by molar-refractivity contribution is 5.95. The van der Waals surface area contributed by atoms with Crippen molar-refractivity contribution < 1.29 is 14.3 Å². The zero-order valence-corrected chi connectivity index (χ0v) is 15.2. The summed E-state index contributed by atoms with van der Waals surface area (Å²) in [5.41, 5.74) is 2.79. The van der Waals surface area contributed by atoms with E-state index >= 15 is 0 Å². The molecule has 2 amide bonds. The molecule has 4 rings (SSSR count). The van der Waals surface area contributed by atoms with Gasteiger partial charge in [-0.3, -0.25) is 14.6 Å². The fourth-order valence-electron chi connectivity index (χ4n) is 3.68. The normalized spacial score (nSPS) is 16.5. The molecule has 3 heterocycles. The molecule has 0 radical (unpaired) electrons. The summed E-state index contributed by atoms with van der Waals surface area (Å²) in [5, 5.41) is 2.98. The van der Waals surface area contributed by atoms with Crippen LogP contribution >= 0.6 is 0 Å². The first-order valence-electron chi connectivity index (χ1n) is 9.42. The van der Waals surface area contributed by atoms with Crippen molar-refractivity contribution in [3.05, 3.63) is 59.4 Å². The van der Waals surface area contributed by atoms with Crippen molar-refractivity contribution in [1.29, 1.82) is 0 Å². The fourth-order valence-corrected chi connectivity index (χ4v) is 3.68. The summed E-state index contributed by atoms with van der Waals surface area (Å²) >= 11 is 0. The van der Waals surface area contributed by atoms with Crippen LogP contribution in [0.1, 0.15) is 34.3 Å². The summed E-state index contributed by atoms with van der Waals surface area (Å²) in [6.45, 7) is 2.39. The molecule has 2 aliphatic heterocycles. The Balaban J connectivity index is 1.29. The van der Waals surface area contributed by atoms with Crippen molar-refractivity contribution in [3.8, 4) is 5.75 Å². The highest BCUT2D eigenvalue weighted by atomic mass is 16.5. The van der Waals surface area contributed by atoms with Crippen molar-refractivity contribution in [2.45, 2.75) is 25.8 Å². The van der Waals surface area contributed by atoms with Crippen molar-refractivity contribution >= 4 is 11.8 Å². The van der Waals surface area contributed by atoms with Gasteiger partial charge in [0, 0.05) is 49.9 Å². The van der Waals surface area contributed by atoms with E-state index in [1.54, 1.807) is 12.4 Å². The van der Waals surface area contributed by atoms with Gasteiger partial charge in [-0.05, 0) is 48.2 Å². The molecule has 6 nitrogen and oxygen atoms in total. The Kier molecular flexibility index (Phi) is 5.05. The predicted octanol–water partition coefficient (Wildman–Crippen LogP) is 2.19. The van der Waals surface area contributed by atoms with Crippen LogP contribution in [-0.4, -0.2) is 41.4 Å². The van der Waals surface area contributed by atoms with Crippen molar-refractivity contribution in [1.82, 2.24) is 15.2 Å². The molecule has 0 atom stereocenters.